The van der Waals surface area contributed by atoms with Crippen molar-refractivity contribution in [1.82, 2.24) is 4.98 Å². The zero-order chi connectivity index (χ0) is 31.1. The van der Waals surface area contributed by atoms with Crippen molar-refractivity contribution in [3.05, 3.63) is 114 Å². The van der Waals surface area contributed by atoms with Crippen LogP contribution in [0, 0.1) is 52.4 Å². The summed E-state index contributed by atoms with van der Waals surface area (Å²) in [7, 11) is 0. The van der Waals surface area contributed by atoms with E-state index in [1.807, 2.05) is 31.2 Å². The molecule has 9 nitrogen and oxygen atoms in total. The topological polar surface area (TPSA) is 123 Å². The van der Waals surface area contributed by atoms with E-state index in [0.717, 1.165) is 27.3 Å². The number of hydrogen-bond acceptors (Lipinski definition) is 8. The maximum atomic E-state index is 14.0. The third-order valence-electron chi connectivity index (χ3n) is 9.82. The average molecular weight is 644 g/mol. The third kappa shape index (κ3) is 4.37. The number of nitrogens with one attached hydrogen (secondary N) is 1. The predicted octanol–water partition coefficient (Wildman–Crippen LogP) is 6.05. The molecule has 1 N–H and O–H groups in total. The summed E-state index contributed by atoms with van der Waals surface area (Å²) in [5.74, 6) is -2.59. The second-order valence-electron chi connectivity index (χ2n) is 12.2. The fourth-order valence-corrected chi connectivity index (χ4v) is 11.1. The SMILES string of the molecule is Cc1cccc(COc2ccc([N+](=O)[O-])cc2[C@@H]2c3sc(=O)[nH]c3S[C@@H]3[C@@H]4C[C@@H]([C@@H]5C(=O)N(c6ccc(F)cc6)C(=O)[C@@H]45)[C@@H]23)c1. The van der Waals surface area contributed by atoms with Gasteiger partial charge in [0.05, 0.1) is 27.5 Å². The molecule has 1 aromatic heterocycles. The molecule has 2 saturated carbocycles. The van der Waals surface area contributed by atoms with Gasteiger partial charge in [-0.15, -0.1) is 11.8 Å². The van der Waals surface area contributed by atoms with Crippen molar-refractivity contribution in [3.63, 3.8) is 0 Å². The summed E-state index contributed by atoms with van der Waals surface area (Å²) < 4.78 is 20.0. The van der Waals surface area contributed by atoms with E-state index in [2.05, 4.69) is 4.98 Å². The zero-order valence-corrected chi connectivity index (χ0v) is 25.5. The van der Waals surface area contributed by atoms with Crippen LogP contribution in [-0.4, -0.2) is 27.0 Å². The molecule has 4 aliphatic rings. The number of nitrogens with zero attached hydrogens (tertiary/aromatic N) is 2. The van der Waals surface area contributed by atoms with Crippen LogP contribution in [-0.2, 0) is 16.2 Å². The second kappa shape index (κ2) is 10.4. The Morgan fingerprint density at radius 3 is 2.51 bits per heavy atom. The van der Waals surface area contributed by atoms with Crippen LogP contribution in [0.2, 0.25) is 0 Å². The number of aryl methyl sites for hydroxylation is 1. The quantitative estimate of drug-likeness (QED) is 0.154. The summed E-state index contributed by atoms with van der Waals surface area (Å²) in [6, 6.07) is 17.8. The van der Waals surface area contributed by atoms with Gasteiger partial charge in [-0.1, -0.05) is 41.2 Å². The normalized spacial score (nSPS) is 27.8. The number of hydrogen-bond donors (Lipinski definition) is 1. The van der Waals surface area contributed by atoms with Gasteiger partial charge >= 0.3 is 4.87 Å². The number of amides is 2. The van der Waals surface area contributed by atoms with Crippen molar-refractivity contribution in [1.29, 1.82) is 0 Å². The molecule has 3 fully saturated rings. The summed E-state index contributed by atoms with van der Waals surface area (Å²) in [5, 5.41) is 12.6. The number of benzene rings is 3. The van der Waals surface area contributed by atoms with Crippen LogP contribution in [0.4, 0.5) is 15.8 Å². The van der Waals surface area contributed by atoms with Crippen molar-refractivity contribution >= 4 is 46.3 Å². The number of thiazole rings is 1. The van der Waals surface area contributed by atoms with Crippen LogP contribution in [0.25, 0.3) is 0 Å². The van der Waals surface area contributed by atoms with Crippen LogP contribution in [0.15, 0.2) is 76.6 Å². The number of aromatic nitrogens is 1. The average Bonchev–Trinajstić information content (AvgIpc) is 3.75. The highest BCUT2D eigenvalue weighted by Crippen LogP contribution is 2.69. The van der Waals surface area contributed by atoms with Crippen LogP contribution in [0.1, 0.15) is 33.9 Å². The first-order valence-electron chi connectivity index (χ1n) is 14.7. The van der Waals surface area contributed by atoms with Gasteiger partial charge in [0.25, 0.3) is 5.69 Å². The van der Waals surface area contributed by atoms with Crippen LogP contribution in [0.5, 0.6) is 5.75 Å². The number of ether oxygens (including phenoxy) is 1. The lowest BCUT2D eigenvalue weighted by Gasteiger charge is -2.43. The second-order valence-corrected chi connectivity index (χ2v) is 14.4. The van der Waals surface area contributed by atoms with Gasteiger partial charge < -0.3 is 9.72 Å². The smallest absolute Gasteiger partial charge is 0.305 e. The largest absolute Gasteiger partial charge is 0.489 e. The van der Waals surface area contributed by atoms with Gasteiger partial charge in [-0.3, -0.25) is 29.4 Å². The Bertz CT molecular complexity index is 1960. The third-order valence-corrected chi connectivity index (χ3v) is 12.4. The minimum Gasteiger partial charge on any atom is -0.489 e. The molecule has 3 aromatic carbocycles. The first kappa shape index (κ1) is 28.2. The van der Waals surface area contributed by atoms with E-state index >= 15 is 0 Å². The summed E-state index contributed by atoms with van der Waals surface area (Å²) >= 11 is 2.62. The van der Waals surface area contributed by atoms with Gasteiger partial charge in [0.2, 0.25) is 11.8 Å². The maximum Gasteiger partial charge on any atom is 0.305 e. The molecular formula is C33H26FN3O6S2. The Hall–Kier alpha value is -4.29. The van der Waals surface area contributed by atoms with E-state index in [-0.39, 0.29) is 52.0 Å². The Morgan fingerprint density at radius 1 is 1.02 bits per heavy atom. The van der Waals surface area contributed by atoms with Crippen molar-refractivity contribution in [2.75, 3.05) is 4.90 Å². The standard InChI is InChI=1S/C33H26FN3O6S2/c1-15-3-2-4-16(11-15)14-43-23-10-9-19(37(41)42)12-20(23)24-25-21-13-22(28(25)44-30-29(24)45-33(40)35-30)27-26(21)31(38)36(32(27)39)18-7-5-17(34)6-8-18/h2-12,21-22,24-28H,13-14H2,1H3,(H,35,40)/t21-,22-,24+,25+,26+,27+,28-/m1/s1. The Morgan fingerprint density at radius 2 is 1.78 bits per heavy atom. The molecule has 2 amide bonds. The van der Waals surface area contributed by atoms with E-state index in [9.17, 15) is 28.9 Å². The van der Waals surface area contributed by atoms with Crippen LogP contribution >= 0.6 is 23.1 Å². The molecule has 0 radical (unpaired) electrons. The van der Waals surface area contributed by atoms with E-state index in [0.29, 0.717) is 28.4 Å². The van der Waals surface area contributed by atoms with Gasteiger partial charge in [0.1, 0.15) is 18.2 Å². The number of rotatable bonds is 6. The Balaban J connectivity index is 1.22. The van der Waals surface area contributed by atoms with Gasteiger partial charge in [0, 0.05) is 33.7 Å². The number of carbonyl (C=O) groups is 2. The molecule has 228 valence electrons. The number of nitro groups is 1. The molecule has 7 atom stereocenters. The van der Waals surface area contributed by atoms with Crippen molar-refractivity contribution < 1.29 is 23.6 Å². The number of thioether (sulfide) groups is 1. The number of aromatic amines is 1. The minimum atomic E-state index is -0.565. The molecular weight excluding hydrogens is 618 g/mol. The fraction of sp³-hybridized carbons (Fsp3) is 0.303. The molecule has 12 heteroatoms. The number of carbonyl (C=O) groups excluding carboxylic acids is 2. The highest BCUT2D eigenvalue weighted by molar-refractivity contribution is 8.00. The Labute approximate surface area is 264 Å². The molecule has 2 aliphatic heterocycles. The lowest BCUT2D eigenvalue weighted by atomic mass is 9.68. The number of halogens is 1. The molecule has 3 heterocycles. The number of non-ortho nitro benzene ring substituents is 1. The predicted molar refractivity (Wildman–Crippen MR) is 166 cm³/mol. The molecule has 2 bridgehead atoms. The Kier molecular flexibility index (Phi) is 6.51. The van der Waals surface area contributed by atoms with Gasteiger partial charge in [0.15, 0.2) is 0 Å². The molecule has 1 saturated heterocycles. The monoisotopic (exact) mass is 643 g/mol. The molecule has 4 aromatic rings. The van der Waals surface area contributed by atoms with Gasteiger partial charge in [-0.25, -0.2) is 4.39 Å². The number of fused-ring (bicyclic) bond motifs is 9. The molecule has 45 heavy (non-hydrogen) atoms. The molecule has 2 aliphatic carbocycles. The van der Waals surface area contributed by atoms with E-state index < -0.39 is 28.5 Å². The van der Waals surface area contributed by atoms with E-state index in [1.54, 1.807) is 6.07 Å². The first-order chi connectivity index (χ1) is 21.7. The fourth-order valence-electron chi connectivity index (χ4n) is 8.20. The molecule has 0 spiro atoms. The number of H-pyrrole nitrogens is 1. The number of imide groups is 1. The minimum absolute atomic E-state index is 0.0947. The van der Waals surface area contributed by atoms with Crippen molar-refractivity contribution in [2.45, 2.75) is 36.1 Å². The molecule has 0 unspecified atom stereocenters. The molecule has 8 rings (SSSR count). The lowest BCUT2D eigenvalue weighted by molar-refractivity contribution is -0.385. The van der Waals surface area contributed by atoms with Gasteiger partial charge in [-0.05, 0) is 67.0 Å². The lowest BCUT2D eigenvalue weighted by Crippen LogP contribution is -2.42. The zero-order valence-electron chi connectivity index (χ0n) is 23.8. The van der Waals surface area contributed by atoms with Crippen LogP contribution < -0.4 is 14.5 Å². The summed E-state index contributed by atoms with van der Waals surface area (Å²) in [4.78, 5) is 56.8. The summed E-state index contributed by atoms with van der Waals surface area (Å²) in [6.07, 6.45) is 0.663. The highest BCUT2D eigenvalue weighted by atomic mass is 32.2. The van der Waals surface area contributed by atoms with Crippen molar-refractivity contribution in [3.8, 4) is 5.75 Å². The first-order valence-corrected chi connectivity index (χ1v) is 16.4. The summed E-state index contributed by atoms with van der Waals surface area (Å²) in [5.41, 5.74) is 2.88. The van der Waals surface area contributed by atoms with Gasteiger partial charge in [-0.2, -0.15) is 0 Å². The summed E-state index contributed by atoms with van der Waals surface area (Å²) in [6.45, 7) is 2.24. The van der Waals surface area contributed by atoms with E-state index in [1.165, 1.54) is 53.1 Å². The number of anilines is 1. The van der Waals surface area contributed by atoms with Crippen molar-refractivity contribution in [2.24, 2.45) is 29.6 Å². The van der Waals surface area contributed by atoms with Crippen LogP contribution in [0.3, 0.4) is 0 Å². The highest BCUT2D eigenvalue weighted by Gasteiger charge is 2.70. The van der Waals surface area contributed by atoms with E-state index in [4.69, 9.17) is 4.74 Å². The number of nitro benzene ring substituents is 1. The maximum absolute atomic E-state index is 14.0.